The summed E-state index contributed by atoms with van der Waals surface area (Å²) in [4.78, 5) is 4.97. The minimum Gasteiger partial charge on any atom is -0.353 e. The fraction of sp³-hybridized carbons (Fsp3) is 0. The molecule has 0 aliphatic carbocycles. The smallest absolute Gasteiger partial charge is 0.259 e. The third-order valence-corrected chi connectivity index (χ3v) is 12.6. The van der Waals surface area contributed by atoms with E-state index in [1.165, 1.54) is 54.4 Å². The van der Waals surface area contributed by atoms with Gasteiger partial charge >= 0.3 is 0 Å². The first kappa shape index (κ1) is 19.8. The SMILES string of the molecule is c1ccc([Si]23c4ccccc4-c4ccc5ccccc5c4N2c2cccnc2-c2ccccc23)cc1. The topological polar surface area (TPSA) is 16.1 Å². The second-order valence-corrected chi connectivity index (χ2v) is 13.1. The number of nitrogens with zero attached hydrogens (tertiary/aromatic N) is 2. The second-order valence-electron chi connectivity index (χ2n) is 9.56. The van der Waals surface area contributed by atoms with Gasteiger partial charge in [-0.05, 0) is 38.6 Å². The van der Waals surface area contributed by atoms with E-state index in [1.54, 1.807) is 0 Å². The predicted molar refractivity (Wildman–Crippen MR) is 152 cm³/mol. The number of hydrogen-bond donors (Lipinski definition) is 0. The van der Waals surface area contributed by atoms with Crippen molar-refractivity contribution >= 4 is 45.9 Å². The van der Waals surface area contributed by atoms with Crippen LogP contribution in [0.3, 0.4) is 0 Å². The minimum atomic E-state index is -2.74. The molecular formula is C33H22N2Si. The molecule has 0 N–H and O–H groups in total. The molecule has 3 heterocycles. The lowest BCUT2D eigenvalue weighted by molar-refractivity contribution is 1.25. The van der Waals surface area contributed by atoms with Crippen molar-refractivity contribution in [1.82, 2.24) is 4.98 Å². The first-order chi connectivity index (χ1) is 17.9. The standard InChI is InChI=1S/C33H22N2Si/c1-2-12-24(13-3-1)36-30-18-8-6-15-26(30)27-21-20-23-11-4-5-14-25(23)33(27)35(36)29-17-10-22-34-32(29)28-16-7-9-19-31(28)36/h1-22H. The molecule has 2 aliphatic rings. The van der Waals surface area contributed by atoms with Gasteiger partial charge in [0.1, 0.15) is 0 Å². The maximum Gasteiger partial charge on any atom is 0.259 e. The summed E-state index contributed by atoms with van der Waals surface area (Å²) in [6.45, 7) is 0. The van der Waals surface area contributed by atoms with Crippen LogP contribution in [0.1, 0.15) is 0 Å². The van der Waals surface area contributed by atoms with E-state index < -0.39 is 8.24 Å². The van der Waals surface area contributed by atoms with Crippen molar-refractivity contribution in [1.29, 1.82) is 0 Å². The van der Waals surface area contributed by atoms with Gasteiger partial charge in [-0.1, -0.05) is 115 Å². The number of anilines is 2. The van der Waals surface area contributed by atoms with Gasteiger partial charge in [-0.25, -0.2) is 0 Å². The van der Waals surface area contributed by atoms with Gasteiger partial charge in [-0.2, -0.15) is 0 Å². The zero-order valence-electron chi connectivity index (χ0n) is 19.6. The Hall–Kier alpha value is -4.47. The predicted octanol–water partition coefficient (Wildman–Crippen LogP) is 6.00. The maximum atomic E-state index is 4.97. The van der Waals surface area contributed by atoms with E-state index in [-0.39, 0.29) is 0 Å². The number of hydrogen-bond acceptors (Lipinski definition) is 2. The van der Waals surface area contributed by atoms with E-state index in [9.17, 15) is 0 Å². The van der Waals surface area contributed by atoms with Crippen LogP contribution < -0.4 is 20.1 Å². The van der Waals surface area contributed by atoms with Crippen LogP contribution in [-0.4, -0.2) is 13.2 Å². The van der Waals surface area contributed by atoms with Crippen LogP contribution in [0.25, 0.3) is 33.2 Å². The van der Waals surface area contributed by atoms with Crippen molar-refractivity contribution in [2.24, 2.45) is 0 Å². The molecule has 1 aromatic heterocycles. The summed E-state index contributed by atoms with van der Waals surface area (Å²) in [5.41, 5.74) is 7.43. The Labute approximate surface area is 211 Å². The molecule has 8 rings (SSSR count). The van der Waals surface area contributed by atoms with Crippen LogP contribution in [0.15, 0.2) is 134 Å². The average Bonchev–Trinajstić information content (AvgIpc) is 2.97. The zero-order valence-corrected chi connectivity index (χ0v) is 20.6. The highest BCUT2D eigenvalue weighted by molar-refractivity contribution is 7.16. The second kappa shape index (κ2) is 7.26. The quantitative estimate of drug-likeness (QED) is 0.272. The molecule has 2 nitrogen and oxygen atoms in total. The van der Waals surface area contributed by atoms with E-state index in [1.807, 2.05) is 6.20 Å². The van der Waals surface area contributed by atoms with Crippen molar-refractivity contribution in [3.8, 4) is 22.4 Å². The molecule has 1 atom stereocenters. The fourth-order valence-electron chi connectivity index (χ4n) is 6.51. The maximum absolute atomic E-state index is 4.97. The summed E-state index contributed by atoms with van der Waals surface area (Å²) in [6, 6.07) is 47.0. The van der Waals surface area contributed by atoms with Crippen molar-refractivity contribution in [3.63, 3.8) is 0 Å². The number of pyridine rings is 1. The van der Waals surface area contributed by atoms with Gasteiger partial charge in [0.05, 0.1) is 11.4 Å². The van der Waals surface area contributed by atoms with Gasteiger partial charge in [-0.15, -0.1) is 0 Å². The Balaban J connectivity index is 1.66. The summed E-state index contributed by atoms with van der Waals surface area (Å²) in [7, 11) is -2.74. The molecule has 6 aromatic rings. The molecule has 0 fully saturated rings. The molecule has 0 amide bonds. The highest BCUT2D eigenvalue weighted by atomic mass is 28.3. The first-order valence-electron chi connectivity index (χ1n) is 12.4. The van der Waals surface area contributed by atoms with Gasteiger partial charge in [0.15, 0.2) is 0 Å². The van der Waals surface area contributed by atoms with E-state index >= 15 is 0 Å². The van der Waals surface area contributed by atoms with Crippen LogP contribution in [-0.2, 0) is 0 Å². The summed E-state index contributed by atoms with van der Waals surface area (Å²) in [6.07, 6.45) is 1.93. The van der Waals surface area contributed by atoms with Gasteiger partial charge in [0.25, 0.3) is 8.24 Å². The normalized spacial score (nSPS) is 16.9. The molecule has 0 bridgehead atoms. The molecule has 5 aromatic carbocycles. The summed E-state index contributed by atoms with van der Waals surface area (Å²) < 4.78 is 2.72. The Morgan fingerprint density at radius 1 is 0.528 bits per heavy atom. The highest BCUT2D eigenvalue weighted by Gasteiger charge is 2.55. The van der Waals surface area contributed by atoms with Crippen LogP contribution >= 0.6 is 0 Å². The van der Waals surface area contributed by atoms with Crippen molar-refractivity contribution in [2.45, 2.75) is 0 Å². The lowest BCUT2D eigenvalue weighted by Crippen LogP contribution is -2.79. The van der Waals surface area contributed by atoms with Crippen LogP contribution in [0, 0.1) is 0 Å². The molecule has 2 aliphatic heterocycles. The number of aromatic nitrogens is 1. The zero-order chi connectivity index (χ0) is 23.7. The number of rotatable bonds is 1. The Kier molecular flexibility index (Phi) is 3.99. The Morgan fingerprint density at radius 3 is 2.08 bits per heavy atom. The van der Waals surface area contributed by atoms with Gasteiger partial charge in [-0.3, -0.25) is 4.98 Å². The summed E-state index contributed by atoms with van der Waals surface area (Å²) in [5, 5.41) is 6.76. The summed E-state index contributed by atoms with van der Waals surface area (Å²) in [5.74, 6) is 0. The van der Waals surface area contributed by atoms with Crippen LogP contribution in [0.4, 0.5) is 11.4 Å². The molecule has 0 saturated carbocycles. The van der Waals surface area contributed by atoms with E-state index in [4.69, 9.17) is 4.98 Å². The molecule has 3 heteroatoms. The molecule has 0 spiro atoms. The lowest BCUT2D eigenvalue weighted by atomic mass is 9.97. The molecule has 36 heavy (non-hydrogen) atoms. The first-order valence-corrected chi connectivity index (χ1v) is 14.4. The van der Waals surface area contributed by atoms with Crippen LogP contribution in [0.2, 0.25) is 0 Å². The van der Waals surface area contributed by atoms with Gasteiger partial charge in [0.2, 0.25) is 0 Å². The molecule has 0 saturated heterocycles. The van der Waals surface area contributed by atoms with Gasteiger partial charge < -0.3 is 4.57 Å². The van der Waals surface area contributed by atoms with Gasteiger partial charge in [0, 0.05) is 28.4 Å². The Bertz CT molecular complexity index is 1810. The third-order valence-electron chi connectivity index (χ3n) is 7.86. The molecule has 0 radical (unpaired) electrons. The van der Waals surface area contributed by atoms with Crippen molar-refractivity contribution in [3.05, 3.63) is 134 Å². The number of fused-ring (bicyclic) bond motifs is 13. The molecule has 1 unspecified atom stereocenters. The highest BCUT2D eigenvalue weighted by Crippen LogP contribution is 2.50. The molecular weight excluding hydrogens is 452 g/mol. The largest absolute Gasteiger partial charge is 0.353 e. The minimum absolute atomic E-state index is 1.06. The van der Waals surface area contributed by atoms with E-state index in [0.717, 1.165) is 5.69 Å². The fourth-order valence-corrected chi connectivity index (χ4v) is 11.8. The lowest BCUT2D eigenvalue weighted by Gasteiger charge is -2.52. The van der Waals surface area contributed by atoms with E-state index in [0.29, 0.717) is 0 Å². The van der Waals surface area contributed by atoms with Crippen molar-refractivity contribution in [2.75, 3.05) is 4.57 Å². The van der Waals surface area contributed by atoms with E-state index in [2.05, 4.69) is 132 Å². The third kappa shape index (κ3) is 2.38. The Morgan fingerprint density at radius 2 is 1.22 bits per heavy atom. The number of benzene rings is 5. The van der Waals surface area contributed by atoms with Crippen molar-refractivity contribution < 1.29 is 0 Å². The summed E-state index contributed by atoms with van der Waals surface area (Å²) >= 11 is 0. The van der Waals surface area contributed by atoms with Crippen LogP contribution in [0.5, 0.6) is 0 Å². The molecule has 168 valence electrons. The average molecular weight is 475 g/mol. The monoisotopic (exact) mass is 474 g/mol.